The maximum absolute atomic E-state index is 11.9. The van der Waals surface area contributed by atoms with Gasteiger partial charge in [0.05, 0.1) is 6.54 Å². The van der Waals surface area contributed by atoms with Gasteiger partial charge in [0.2, 0.25) is 5.91 Å². The van der Waals surface area contributed by atoms with E-state index in [-0.39, 0.29) is 17.9 Å². The molecule has 0 saturated carbocycles. The zero-order valence-corrected chi connectivity index (χ0v) is 12.7. The predicted molar refractivity (Wildman–Crippen MR) is 82.8 cm³/mol. The molecule has 0 bridgehead atoms. The van der Waals surface area contributed by atoms with Crippen LogP contribution < -0.4 is 10.6 Å². The van der Waals surface area contributed by atoms with E-state index in [4.69, 9.17) is 5.11 Å². The fourth-order valence-electron chi connectivity index (χ4n) is 2.07. The molecular formula is C16H26N2O2. The van der Waals surface area contributed by atoms with Gasteiger partial charge in [-0.05, 0) is 36.8 Å². The number of carbonyl (C=O) groups excluding carboxylic acids is 1. The minimum Gasteiger partial charge on any atom is -0.396 e. The third-order valence-corrected chi connectivity index (χ3v) is 3.32. The zero-order chi connectivity index (χ0) is 15.0. The number of amides is 1. The predicted octanol–water partition coefficient (Wildman–Crippen LogP) is 2.32. The van der Waals surface area contributed by atoms with Crippen molar-refractivity contribution >= 4 is 11.6 Å². The smallest absolute Gasteiger partial charge is 0.238 e. The molecule has 1 aromatic rings. The largest absolute Gasteiger partial charge is 0.396 e. The van der Waals surface area contributed by atoms with Crippen molar-refractivity contribution in [2.24, 2.45) is 5.41 Å². The molecule has 0 heterocycles. The van der Waals surface area contributed by atoms with E-state index in [2.05, 4.69) is 24.5 Å². The number of hydrogen-bond donors (Lipinski definition) is 3. The molecule has 1 amide bonds. The third-order valence-electron chi connectivity index (χ3n) is 3.32. The molecular weight excluding hydrogens is 252 g/mol. The molecule has 1 aromatic carbocycles. The zero-order valence-electron chi connectivity index (χ0n) is 12.7. The van der Waals surface area contributed by atoms with Crippen LogP contribution in [0.25, 0.3) is 0 Å². The van der Waals surface area contributed by atoms with Crippen molar-refractivity contribution < 1.29 is 9.90 Å². The summed E-state index contributed by atoms with van der Waals surface area (Å²) in [6.45, 7) is 7.52. The molecule has 4 nitrogen and oxygen atoms in total. The molecule has 0 aromatic heterocycles. The van der Waals surface area contributed by atoms with Crippen LogP contribution in [0, 0.1) is 12.3 Å². The Morgan fingerprint density at radius 2 is 2.00 bits per heavy atom. The van der Waals surface area contributed by atoms with Gasteiger partial charge in [-0.2, -0.15) is 0 Å². The highest BCUT2D eigenvalue weighted by molar-refractivity contribution is 5.92. The van der Waals surface area contributed by atoms with Gasteiger partial charge in [0.1, 0.15) is 0 Å². The topological polar surface area (TPSA) is 61.4 Å². The van der Waals surface area contributed by atoms with Gasteiger partial charge in [-0.3, -0.25) is 4.79 Å². The monoisotopic (exact) mass is 278 g/mol. The molecule has 0 saturated heterocycles. The number of aryl methyl sites for hydroxylation is 1. The molecule has 4 heteroatoms. The fourth-order valence-corrected chi connectivity index (χ4v) is 2.07. The van der Waals surface area contributed by atoms with Crippen molar-refractivity contribution in [3.05, 3.63) is 29.8 Å². The third kappa shape index (κ3) is 6.17. The maximum Gasteiger partial charge on any atom is 0.238 e. The summed E-state index contributed by atoms with van der Waals surface area (Å²) in [6.07, 6.45) is 1.74. The number of nitrogens with one attached hydrogen (secondary N) is 2. The van der Waals surface area contributed by atoms with Crippen LogP contribution in [0.5, 0.6) is 0 Å². The lowest BCUT2D eigenvalue weighted by Gasteiger charge is -2.24. The second-order valence-corrected chi connectivity index (χ2v) is 5.96. The second kappa shape index (κ2) is 8.02. The quantitative estimate of drug-likeness (QED) is 0.684. The first-order valence-corrected chi connectivity index (χ1v) is 7.12. The Morgan fingerprint density at radius 1 is 1.30 bits per heavy atom. The molecule has 3 N–H and O–H groups in total. The van der Waals surface area contributed by atoms with Gasteiger partial charge in [-0.1, -0.05) is 32.0 Å². The van der Waals surface area contributed by atoms with Crippen LogP contribution in [-0.2, 0) is 4.79 Å². The lowest BCUT2D eigenvalue weighted by Crippen LogP contribution is -2.35. The lowest BCUT2D eigenvalue weighted by molar-refractivity contribution is -0.115. The summed E-state index contributed by atoms with van der Waals surface area (Å²) in [5.74, 6) is -0.0303. The van der Waals surface area contributed by atoms with Crippen LogP contribution in [0.3, 0.4) is 0 Å². The Balaban J connectivity index is 2.32. The van der Waals surface area contributed by atoms with Gasteiger partial charge in [-0.25, -0.2) is 0 Å². The van der Waals surface area contributed by atoms with Gasteiger partial charge in [0.25, 0.3) is 0 Å². The Morgan fingerprint density at radius 3 is 2.65 bits per heavy atom. The summed E-state index contributed by atoms with van der Waals surface area (Å²) in [4.78, 5) is 11.9. The van der Waals surface area contributed by atoms with Crippen molar-refractivity contribution in [1.29, 1.82) is 0 Å². The molecule has 1 rings (SSSR count). The number of benzene rings is 1. The first-order valence-electron chi connectivity index (χ1n) is 7.12. The molecule has 0 unspecified atom stereocenters. The molecule has 0 radical (unpaired) electrons. The molecule has 0 fully saturated rings. The lowest BCUT2D eigenvalue weighted by atomic mass is 9.88. The van der Waals surface area contributed by atoms with E-state index in [1.807, 2.05) is 31.2 Å². The number of carbonyl (C=O) groups is 1. The normalized spacial score (nSPS) is 11.4. The van der Waals surface area contributed by atoms with Crippen molar-refractivity contribution in [2.45, 2.75) is 33.6 Å². The molecule has 0 aliphatic heterocycles. The van der Waals surface area contributed by atoms with E-state index < -0.39 is 0 Å². The molecule has 112 valence electrons. The second-order valence-electron chi connectivity index (χ2n) is 5.96. The van der Waals surface area contributed by atoms with Crippen LogP contribution in [0.2, 0.25) is 0 Å². The Bertz CT molecular complexity index is 430. The molecule has 0 spiro atoms. The van der Waals surface area contributed by atoms with Gasteiger partial charge in [0.15, 0.2) is 0 Å². The van der Waals surface area contributed by atoms with Crippen LogP contribution >= 0.6 is 0 Å². The molecule has 0 aliphatic rings. The number of para-hydroxylation sites is 1. The van der Waals surface area contributed by atoms with E-state index >= 15 is 0 Å². The summed E-state index contributed by atoms with van der Waals surface area (Å²) < 4.78 is 0. The first kappa shape index (κ1) is 16.7. The van der Waals surface area contributed by atoms with Crippen LogP contribution in [0.1, 0.15) is 32.3 Å². The van der Waals surface area contributed by atoms with E-state index in [0.29, 0.717) is 6.54 Å². The highest BCUT2D eigenvalue weighted by Crippen LogP contribution is 2.20. The summed E-state index contributed by atoms with van der Waals surface area (Å²) >= 11 is 0. The summed E-state index contributed by atoms with van der Waals surface area (Å²) in [5.41, 5.74) is 2.01. The maximum atomic E-state index is 11.9. The highest BCUT2D eigenvalue weighted by atomic mass is 16.2. The number of aliphatic hydroxyl groups is 1. The molecule has 0 atom stereocenters. The Kier molecular flexibility index (Phi) is 6.68. The molecule has 0 aliphatic carbocycles. The van der Waals surface area contributed by atoms with E-state index in [9.17, 15) is 4.79 Å². The van der Waals surface area contributed by atoms with Crippen LogP contribution in [0.4, 0.5) is 5.69 Å². The number of rotatable bonds is 8. The van der Waals surface area contributed by atoms with Crippen molar-refractivity contribution in [3.63, 3.8) is 0 Å². The van der Waals surface area contributed by atoms with Crippen LogP contribution in [-0.4, -0.2) is 30.7 Å². The average molecular weight is 278 g/mol. The summed E-state index contributed by atoms with van der Waals surface area (Å²) in [5, 5.41) is 14.9. The first-order chi connectivity index (χ1) is 9.44. The SMILES string of the molecule is Cc1ccccc1NC(=O)CNCC(C)(C)CCCO. The standard InChI is InChI=1S/C16H26N2O2/c1-13-7-4-5-8-14(13)18-15(20)11-17-12-16(2,3)9-6-10-19/h4-5,7-8,17,19H,6,9-12H2,1-3H3,(H,18,20). The van der Waals surface area contributed by atoms with E-state index in [1.54, 1.807) is 0 Å². The van der Waals surface area contributed by atoms with Crippen LogP contribution in [0.15, 0.2) is 24.3 Å². The summed E-state index contributed by atoms with van der Waals surface area (Å²) in [6, 6.07) is 7.74. The minimum absolute atomic E-state index is 0.0303. The van der Waals surface area contributed by atoms with E-state index in [1.165, 1.54) is 0 Å². The fraction of sp³-hybridized carbons (Fsp3) is 0.562. The van der Waals surface area contributed by atoms with Gasteiger partial charge in [-0.15, -0.1) is 0 Å². The average Bonchev–Trinajstić information content (AvgIpc) is 2.39. The minimum atomic E-state index is -0.0303. The van der Waals surface area contributed by atoms with Crippen molar-refractivity contribution in [3.8, 4) is 0 Å². The van der Waals surface area contributed by atoms with Gasteiger partial charge >= 0.3 is 0 Å². The van der Waals surface area contributed by atoms with Gasteiger partial charge in [0, 0.05) is 18.8 Å². The number of anilines is 1. The van der Waals surface area contributed by atoms with Crippen molar-refractivity contribution in [1.82, 2.24) is 5.32 Å². The number of hydrogen-bond acceptors (Lipinski definition) is 3. The van der Waals surface area contributed by atoms with Crippen molar-refractivity contribution in [2.75, 3.05) is 25.0 Å². The highest BCUT2D eigenvalue weighted by Gasteiger charge is 2.17. The Labute approximate surface area is 121 Å². The summed E-state index contributed by atoms with van der Waals surface area (Å²) in [7, 11) is 0. The van der Waals surface area contributed by atoms with Gasteiger partial charge < -0.3 is 15.7 Å². The Hall–Kier alpha value is -1.39. The molecule has 20 heavy (non-hydrogen) atoms. The number of aliphatic hydroxyl groups excluding tert-OH is 1. The van der Waals surface area contributed by atoms with E-state index in [0.717, 1.165) is 30.6 Å².